The first-order chi connectivity index (χ1) is 6.11. The van der Waals surface area contributed by atoms with Gasteiger partial charge in [0.05, 0.1) is 18.8 Å². The average molecular weight is 209 g/mol. The molecule has 0 aromatic heterocycles. The summed E-state index contributed by atoms with van der Waals surface area (Å²) < 4.78 is 10.0. The van der Waals surface area contributed by atoms with Crippen molar-refractivity contribution in [2.45, 2.75) is 31.5 Å². The number of ether oxygens (including phenoxy) is 2. The Morgan fingerprint density at radius 3 is 2.29 bits per heavy atom. The van der Waals surface area contributed by atoms with Crippen LogP contribution in [0.4, 0.5) is 0 Å². The molecule has 1 aliphatic heterocycles. The minimum atomic E-state index is -1.05. The lowest BCUT2D eigenvalue weighted by Gasteiger charge is -2.40. The fourth-order valence-electron chi connectivity index (χ4n) is 1.47. The van der Waals surface area contributed by atoms with Gasteiger partial charge in [0.15, 0.2) is 6.29 Å². The number of rotatable bonds is 2. The fraction of sp³-hybridized carbons (Fsp3) is 1.00. The van der Waals surface area contributed by atoms with Crippen molar-refractivity contribution in [3.63, 3.8) is 0 Å². The van der Waals surface area contributed by atoms with Gasteiger partial charge in [-0.15, -0.1) is 0 Å². The lowest BCUT2D eigenvalue weighted by molar-refractivity contribution is -0.280. The monoisotopic (exact) mass is 209 g/mol. The molecule has 0 saturated carbocycles. The molecule has 1 fully saturated rings. The molecule has 0 amide bonds. The van der Waals surface area contributed by atoms with Crippen LogP contribution >= 0.6 is 0 Å². The molecule has 0 bridgehead atoms. The standard InChI is InChI=1S/C8H16O5.H3N/c1-4-5(3-9)13-8(12-2)7(11)6(4)10;/h4-11H,3H2,1-2H3;1H3/t4-,5-,6+,7-,8+;/m1./s1. The molecule has 0 spiro atoms. The number of hydrogen-bond donors (Lipinski definition) is 4. The highest BCUT2D eigenvalue weighted by atomic mass is 16.7. The Kier molecular flexibility index (Phi) is 5.50. The third kappa shape index (κ3) is 2.41. The summed E-state index contributed by atoms with van der Waals surface area (Å²) in [7, 11) is 1.38. The average Bonchev–Trinajstić information content (AvgIpc) is 2.15. The van der Waals surface area contributed by atoms with Crippen molar-refractivity contribution >= 4 is 0 Å². The molecular formula is C8H19NO5. The maximum absolute atomic E-state index is 9.53. The zero-order chi connectivity index (χ0) is 10.0. The van der Waals surface area contributed by atoms with Crippen LogP contribution in [-0.2, 0) is 9.47 Å². The van der Waals surface area contributed by atoms with Gasteiger partial charge < -0.3 is 30.9 Å². The summed E-state index contributed by atoms with van der Waals surface area (Å²) in [6.45, 7) is 1.52. The van der Waals surface area contributed by atoms with E-state index in [1.54, 1.807) is 6.92 Å². The molecule has 0 unspecified atom stereocenters. The molecule has 6 nitrogen and oxygen atoms in total. The van der Waals surface area contributed by atoms with E-state index in [-0.39, 0.29) is 18.7 Å². The van der Waals surface area contributed by atoms with Crippen molar-refractivity contribution in [2.75, 3.05) is 13.7 Å². The second-order valence-corrected chi connectivity index (χ2v) is 3.30. The minimum absolute atomic E-state index is 0. The van der Waals surface area contributed by atoms with Crippen molar-refractivity contribution in [3.05, 3.63) is 0 Å². The Morgan fingerprint density at radius 1 is 1.29 bits per heavy atom. The highest BCUT2D eigenvalue weighted by Crippen LogP contribution is 2.25. The molecule has 1 heterocycles. The van der Waals surface area contributed by atoms with E-state index < -0.39 is 24.6 Å². The smallest absolute Gasteiger partial charge is 0.186 e. The Morgan fingerprint density at radius 2 is 1.86 bits per heavy atom. The molecule has 86 valence electrons. The summed E-state index contributed by atoms with van der Waals surface area (Å²) in [5.41, 5.74) is 0. The van der Waals surface area contributed by atoms with E-state index in [0.29, 0.717) is 0 Å². The van der Waals surface area contributed by atoms with Gasteiger partial charge in [-0.25, -0.2) is 0 Å². The highest BCUT2D eigenvalue weighted by molar-refractivity contribution is 4.86. The summed E-state index contributed by atoms with van der Waals surface area (Å²) in [6, 6.07) is 0. The van der Waals surface area contributed by atoms with Crippen LogP contribution in [-0.4, -0.2) is 53.6 Å². The molecule has 0 aromatic rings. The minimum Gasteiger partial charge on any atom is -0.394 e. The molecule has 1 rings (SSSR count). The first-order valence-electron chi connectivity index (χ1n) is 4.27. The van der Waals surface area contributed by atoms with Crippen LogP contribution < -0.4 is 6.15 Å². The van der Waals surface area contributed by atoms with Gasteiger partial charge in [0, 0.05) is 13.0 Å². The van der Waals surface area contributed by atoms with Crippen molar-refractivity contribution < 1.29 is 24.8 Å². The van der Waals surface area contributed by atoms with E-state index in [2.05, 4.69) is 0 Å². The molecule has 0 aromatic carbocycles. The fourth-order valence-corrected chi connectivity index (χ4v) is 1.47. The van der Waals surface area contributed by atoms with Gasteiger partial charge in [0.2, 0.25) is 0 Å². The summed E-state index contributed by atoms with van der Waals surface area (Å²) in [5, 5.41) is 27.9. The Hall–Kier alpha value is -0.240. The van der Waals surface area contributed by atoms with Gasteiger partial charge in [-0.1, -0.05) is 6.92 Å². The van der Waals surface area contributed by atoms with E-state index in [1.807, 2.05) is 0 Å². The molecule has 14 heavy (non-hydrogen) atoms. The summed E-state index contributed by atoms with van der Waals surface area (Å²) in [6.07, 6.45) is -3.31. The van der Waals surface area contributed by atoms with Gasteiger partial charge in [0.25, 0.3) is 0 Å². The number of aliphatic hydroxyl groups is 3. The van der Waals surface area contributed by atoms with Crippen LogP contribution in [0.1, 0.15) is 6.92 Å². The van der Waals surface area contributed by atoms with E-state index >= 15 is 0 Å². The first-order valence-corrected chi connectivity index (χ1v) is 4.27. The first kappa shape index (κ1) is 13.8. The van der Waals surface area contributed by atoms with Gasteiger partial charge in [-0.2, -0.15) is 0 Å². The summed E-state index contributed by atoms with van der Waals surface area (Å²) in [5.74, 6) is -0.300. The van der Waals surface area contributed by atoms with Crippen molar-refractivity contribution in [2.24, 2.45) is 5.92 Å². The zero-order valence-electron chi connectivity index (χ0n) is 8.46. The van der Waals surface area contributed by atoms with Crippen molar-refractivity contribution in [1.29, 1.82) is 0 Å². The van der Waals surface area contributed by atoms with E-state index in [0.717, 1.165) is 0 Å². The normalized spacial score (nSPS) is 43.1. The van der Waals surface area contributed by atoms with Crippen LogP contribution in [0.3, 0.4) is 0 Å². The zero-order valence-corrected chi connectivity index (χ0v) is 8.46. The molecule has 0 aliphatic carbocycles. The van der Waals surface area contributed by atoms with Crippen LogP contribution in [0.2, 0.25) is 0 Å². The van der Waals surface area contributed by atoms with E-state index in [1.165, 1.54) is 7.11 Å². The lowest BCUT2D eigenvalue weighted by Crippen LogP contribution is -2.55. The van der Waals surface area contributed by atoms with Crippen molar-refractivity contribution in [1.82, 2.24) is 6.15 Å². The summed E-state index contributed by atoms with van der Waals surface area (Å²) >= 11 is 0. The van der Waals surface area contributed by atoms with E-state index in [9.17, 15) is 10.2 Å². The third-order valence-corrected chi connectivity index (χ3v) is 2.48. The lowest BCUT2D eigenvalue weighted by atomic mass is 9.91. The van der Waals surface area contributed by atoms with Gasteiger partial charge in [-0.3, -0.25) is 0 Å². The molecule has 6 N–H and O–H groups in total. The predicted molar refractivity (Wildman–Crippen MR) is 49.0 cm³/mol. The quantitative estimate of drug-likeness (QED) is 0.457. The molecule has 5 atom stereocenters. The Labute approximate surface area is 83.0 Å². The van der Waals surface area contributed by atoms with Gasteiger partial charge in [-0.05, 0) is 0 Å². The maximum Gasteiger partial charge on any atom is 0.186 e. The molecule has 6 heteroatoms. The second-order valence-electron chi connectivity index (χ2n) is 3.30. The van der Waals surface area contributed by atoms with Crippen LogP contribution in [0.15, 0.2) is 0 Å². The summed E-state index contributed by atoms with van der Waals surface area (Å²) in [4.78, 5) is 0. The Balaban J connectivity index is 0.00000169. The topological polar surface area (TPSA) is 114 Å². The van der Waals surface area contributed by atoms with Crippen molar-refractivity contribution in [3.8, 4) is 0 Å². The van der Waals surface area contributed by atoms with Gasteiger partial charge >= 0.3 is 0 Å². The molecule has 1 saturated heterocycles. The van der Waals surface area contributed by atoms with Crippen LogP contribution in [0.5, 0.6) is 0 Å². The predicted octanol–water partition coefficient (Wildman–Crippen LogP) is -1.13. The second kappa shape index (κ2) is 5.59. The highest BCUT2D eigenvalue weighted by Gasteiger charge is 2.41. The maximum atomic E-state index is 9.53. The molecular weight excluding hydrogens is 190 g/mol. The van der Waals surface area contributed by atoms with Gasteiger partial charge in [0.1, 0.15) is 6.10 Å². The SMILES string of the molecule is CO[C@H]1O[C@H](CO)[C@@H](C)[C@H](O)[C@H]1O.N. The number of methoxy groups -OCH3 is 1. The largest absolute Gasteiger partial charge is 0.394 e. The Bertz CT molecular complexity index is 148. The van der Waals surface area contributed by atoms with E-state index in [4.69, 9.17) is 14.6 Å². The molecule has 0 radical (unpaired) electrons. The van der Waals surface area contributed by atoms with Crippen LogP contribution in [0.25, 0.3) is 0 Å². The molecule has 1 aliphatic rings. The number of hydrogen-bond acceptors (Lipinski definition) is 6. The third-order valence-electron chi connectivity index (χ3n) is 2.48. The number of aliphatic hydroxyl groups excluding tert-OH is 3. The van der Waals surface area contributed by atoms with Crippen LogP contribution in [0, 0.1) is 5.92 Å².